The van der Waals surface area contributed by atoms with Gasteiger partial charge in [-0.2, -0.15) is 0 Å². The first-order valence-corrected chi connectivity index (χ1v) is 9.24. The molecular weight excluding hydrogens is 400 g/mol. The van der Waals surface area contributed by atoms with Crippen LogP contribution in [0, 0.1) is 10.1 Å². The maximum absolute atomic E-state index is 12.9. The van der Waals surface area contributed by atoms with Crippen molar-refractivity contribution in [2.45, 2.75) is 31.9 Å². The van der Waals surface area contributed by atoms with Crippen LogP contribution in [0.4, 0.5) is 5.69 Å². The molecule has 9 heteroatoms. The van der Waals surface area contributed by atoms with Crippen molar-refractivity contribution < 1.29 is 24.0 Å². The average Bonchev–Trinajstić information content (AvgIpc) is 3.51. The Morgan fingerprint density at radius 3 is 2.45 bits per heavy atom. The number of rotatable bonds is 7. The molecule has 1 fully saturated rings. The largest absolute Gasteiger partial charge is 0.449 e. The van der Waals surface area contributed by atoms with E-state index >= 15 is 0 Å². The van der Waals surface area contributed by atoms with Crippen molar-refractivity contribution in [3.63, 3.8) is 0 Å². The quantitative estimate of drug-likeness (QED) is 0.320. The smallest absolute Gasteiger partial charge is 0.339 e. The Morgan fingerprint density at radius 2 is 1.83 bits per heavy atom. The monoisotopic (exact) mass is 416 g/mol. The van der Waals surface area contributed by atoms with Crippen molar-refractivity contribution in [3.8, 4) is 0 Å². The number of carbonyl (C=O) groups excluding carboxylic acids is 3. The number of nitro benzene ring substituents is 1. The third kappa shape index (κ3) is 4.78. The summed E-state index contributed by atoms with van der Waals surface area (Å²) in [5.74, 6) is -1.85. The highest BCUT2D eigenvalue weighted by Gasteiger charge is 2.28. The molecule has 1 aliphatic carbocycles. The molecule has 2 aromatic rings. The fraction of sp³-hybridized carbons (Fsp3) is 0.250. The number of benzene rings is 2. The molecule has 0 aromatic heterocycles. The minimum atomic E-state index is -1.03. The van der Waals surface area contributed by atoms with Crippen LogP contribution < -0.4 is 5.32 Å². The summed E-state index contributed by atoms with van der Waals surface area (Å²) in [4.78, 5) is 47.8. The van der Waals surface area contributed by atoms with Gasteiger partial charge < -0.3 is 10.1 Å². The van der Waals surface area contributed by atoms with Crippen LogP contribution in [0.5, 0.6) is 0 Å². The van der Waals surface area contributed by atoms with Crippen molar-refractivity contribution in [1.82, 2.24) is 5.32 Å². The molecule has 1 atom stereocenters. The lowest BCUT2D eigenvalue weighted by atomic mass is 9.98. The van der Waals surface area contributed by atoms with Gasteiger partial charge in [-0.3, -0.25) is 19.7 Å². The van der Waals surface area contributed by atoms with Gasteiger partial charge in [0.2, 0.25) is 0 Å². The molecule has 1 N–H and O–H groups in total. The number of esters is 1. The number of nitrogens with zero attached hydrogens (tertiary/aromatic N) is 1. The molecule has 1 saturated carbocycles. The topological polar surface area (TPSA) is 116 Å². The van der Waals surface area contributed by atoms with Gasteiger partial charge in [0.05, 0.1) is 10.5 Å². The standard InChI is InChI=1S/C20H17ClN2O6/c1-11(19(25)22-13-7-8-13)29-20(26)15-5-3-2-4-14(15)18(24)12-6-9-16(21)17(10-12)23(27)28/h2-6,9-11,13H,7-8H2,1H3,(H,22,25)/t11-/m1/s1. The zero-order valence-corrected chi connectivity index (χ0v) is 16.1. The molecular formula is C20H17ClN2O6. The van der Waals surface area contributed by atoms with Crippen LogP contribution in [-0.2, 0) is 9.53 Å². The predicted molar refractivity (Wildman–Crippen MR) is 104 cm³/mol. The molecule has 29 heavy (non-hydrogen) atoms. The fourth-order valence-corrected chi connectivity index (χ4v) is 2.82. The summed E-state index contributed by atoms with van der Waals surface area (Å²) >= 11 is 5.79. The van der Waals surface area contributed by atoms with Crippen LogP contribution in [-0.4, -0.2) is 34.7 Å². The van der Waals surface area contributed by atoms with Crippen molar-refractivity contribution in [2.75, 3.05) is 0 Å². The van der Waals surface area contributed by atoms with Gasteiger partial charge in [0, 0.05) is 23.2 Å². The Morgan fingerprint density at radius 1 is 1.17 bits per heavy atom. The summed E-state index contributed by atoms with van der Waals surface area (Å²) in [6, 6.07) is 9.67. The first kappa shape index (κ1) is 20.5. The molecule has 2 aromatic carbocycles. The van der Waals surface area contributed by atoms with Gasteiger partial charge in [-0.25, -0.2) is 4.79 Å². The third-order valence-electron chi connectivity index (χ3n) is 4.37. The minimum absolute atomic E-state index is 0.000810. The molecule has 8 nitrogen and oxygen atoms in total. The van der Waals surface area contributed by atoms with Gasteiger partial charge in [-0.1, -0.05) is 29.8 Å². The molecule has 0 heterocycles. The Labute approximate surface area is 171 Å². The maximum Gasteiger partial charge on any atom is 0.339 e. The first-order chi connectivity index (χ1) is 13.8. The van der Waals surface area contributed by atoms with Crippen molar-refractivity contribution in [3.05, 3.63) is 74.3 Å². The lowest BCUT2D eigenvalue weighted by molar-refractivity contribution is -0.384. The van der Waals surface area contributed by atoms with Crippen LogP contribution in [0.3, 0.4) is 0 Å². The average molecular weight is 417 g/mol. The molecule has 1 aliphatic rings. The highest BCUT2D eigenvalue weighted by atomic mass is 35.5. The molecule has 0 aliphatic heterocycles. The Kier molecular flexibility index (Phi) is 5.93. The van der Waals surface area contributed by atoms with E-state index < -0.39 is 34.4 Å². The Hall–Kier alpha value is -3.26. The van der Waals surface area contributed by atoms with Crippen LogP contribution in [0.15, 0.2) is 42.5 Å². The number of ketones is 1. The van der Waals surface area contributed by atoms with E-state index in [1.165, 1.54) is 31.2 Å². The molecule has 0 bridgehead atoms. The Bertz CT molecular complexity index is 1000. The zero-order valence-electron chi connectivity index (χ0n) is 15.4. The highest BCUT2D eigenvalue weighted by Crippen LogP contribution is 2.27. The van der Waals surface area contributed by atoms with Gasteiger partial charge in [0.1, 0.15) is 5.02 Å². The Balaban J connectivity index is 1.83. The zero-order chi connectivity index (χ0) is 21.1. The number of nitrogens with one attached hydrogen (secondary N) is 1. The number of amides is 1. The van der Waals surface area contributed by atoms with E-state index in [4.69, 9.17) is 16.3 Å². The summed E-state index contributed by atoms with van der Waals surface area (Å²) < 4.78 is 5.20. The minimum Gasteiger partial charge on any atom is -0.449 e. The molecule has 0 unspecified atom stereocenters. The molecule has 1 amide bonds. The van der Waals surface area contributed by atoms with Crippen LogP contribution in [0.2, 0.25) is 5.02 Å². The van der Waals surface area contributed by atoms with E-state index in [0.717, 1.165) is 18.9 Å². The van der Waals surface area contributed by atoms with E-state index in [9.17, 15) is 24.5 Å². The first-order valence-electron chi connectivity index (χ1n) is 8.87. The number of ether oxygens (including phenoxy) is 1. The van der Waals surface area contributed by atoms with Crippen molar-refractivity contribution >= 4 is 34.9 Å². The normalized spacial score (nSPS) is 14.0. The molecule has 0 spiro atoms. The van der Waals surface area contributed by atoms with E-state index in [-0.39, 0.29) is 27.8 Å². The lowest BCUT2D eigenvalue weighted by Gasteiger charge is -2.14. The van der Waals surface area contributed by atoms with Gasteiger partial charge in [0.25, 0.3) is 11.6 Å². The van der Waals surface area contributed by atoms with E-state index in [1.54, 1.807) is 12.1 Å². The number of nitro groups is 1. The summed E-state index contributed by atoms with van der Waals surface area (Å²) in [5.41, 5.74) is -0.450. The maximum atomic E-state index is 12.9. The number of hydrogen-bond donors (Lipinski definition) is 1. The highest BCUT2D eigenvalue weighted by molar-refractivity contribution is 6.33. The van der Waals surface area contributed by atoms with Crippen molar-refractivity contribution in [1.29, 1.82) is 0 Å². The van der Waals surface area contributed by atoms with E-state index in [2.05, 4.69) is 5.32 Å². The second kappa shape index (κ2) is 8.40. The molecule has 150 valence electrons. The van der Waals surface area contributed by atoms with Gasteiger partial charge in [0.15, 0.2) is 11.9 Å². The van der Waals surface area contributed by atoms with Crippen LogP contribution in [0.25, 0.3) is 0 Å². The van der Waals surface area contributed by atoms with Crippen LogP contribution >= 0.6 is 11.6 Å². The molecule has 3 rings (SSSR count). The van der Waals surface area contributed by atoms with E-state index in [0.29, 0.717) is 0 Å². The lowest BCUT2D eigenvalue weighted by Crippen LogP contribution is -2.37. The van der Waals surface area contributed by atoms with Crippen LogP contribution in [0.1, 0.15) is 46.0 Å². The van der Waals surface area contributed by atoms with Crippen molar-refractivity contribution in [2.24, 2.45) is 0 Å². The predicted octanol–water partition coefficient (Wildman–Crippen LogP) is 3.30. The number of halogens is 1. The van der Waals surface area contributed by atoms with Gasteiger partial charge >= 0.3 is 5.97 Å². The van der Waals surface area contributed by atoms with Gasteiger partial charge in [-0.05, 0) is 38.0 Å². The number of hydrogen-bond acceptors (Lipinski definition) is 6. The van der Waals surface area contributed by atoms with Gasteiger partial charge in [-0.15, -0.1) is 0 Å². The molecule has 0 saturated heterocycles. The van der Waals surface area contributed by atoms with E-state index in [1.807, 2.05) is 0 Å². The third-order valence-corrected chi connectivity index (χ3v) is 4.69. The summed E-state index contributed by atoms with van der Waals surface area (Å²) in [6.07, 6.45) is 0.774. The summed E-state index contributed by atoms with van der Waals surface area (Å²) in [6.45, 7) is 1.45. The molecule has 0 radical (unpaired) electrons. The SMILES string of the molecule is C[C@@H](OC(=O)c1ccccc1C(=O)c1ccc(Cl)c([N+](=O)[O-])c1)C(=O)NC1CC1. The summed E-state index contributed by atoms with van der Waals surface area (Å²) in [7, 11) is 0. The second-order valence-electron chi connectivity index (χ2n) is 6.63. The second-order valence-corrected chi connectivity index (χ2v) is 7.04. The number of carbonyl (C=O) groups is 3. The fourth-order valence-electron chi connectivity index (χ4n) is 2.63. The summed E-state index contributed by atoms with van der Waals surface area (Å²) in [5, 5.41) is 13.7.